The summed E-state index contributed by atoms with van der Waals surface area (Å²) in [6.07, 6.45) is 9.97. The summed E-state index contributed by atoms with van der Waals surface area (Å²) in [5.74, 6) is 1.13. The Hall–Kier alpha value is -1.69. The first-order valence-corrected chi connectivity index (χ1v) is 16.4. The summed E-state index contributed by atoms with van der Waals surface area (Å²) in [5, 5.41) is 20.8. The molecule has 0 amide bonds. The molecule has 5 aliphatic rings. The van der Waals surface area contributed by atoms with Crippen LogP contribution in [-0.2, 0) is 19.1 Å². The quantitative estimate of drug-likeness (QED) is 0.254. The number of carboxylic acid groups (broad SMARTS) is 1. The molecule has 10 atom stereocenters. The van der Waals surface area contributed by atoms with Crippen molar-refractivity contribution in [3.8, 4) is 0 Å². The van der Waals surface area contributed by atoms with Gasteiger partial charge in [0.05, 0.1) is 17.4 Å². The number of rotatable bonds is 5. The lowest BCUT2D eigenvalue weighted by molar-refractivity contribution is -0.250. The fourth-order valence-electron chi connectivity index (χ4n) is 12.3. The molecule has 5 rings (SSSR count). The van der Waals surface area contributed by atoms with Gasteiger partial charge in [0.15, 0.2) is 0 Å². The number of fused-ring (bicyclic) bond motifs is 7. The summed E-state index contributed by atoms with van der Waals surface area (Å²) in [5.41, 5.74) is -0.159. The van der Waals surface area contributed by atoms with Crippen LogP contribution in [0.4, 0.5) is 0 Å². The Balaban J connectivity index is 0.00000198. The number of hydrogen-bond donors (Lipinski definition) is 2. The third-order valence-corrected chi connectivity index (χ3v) is 14.3. The van der Waals surface area contributed by atoms with E-state index in [-0.39, 0.29) is 46.1 Å². The van der Waals surface area contributed by atoms with Gasteiger partial charge in [-0.1, -0.05) is 46.8 Å². The molecule has 5 saturated carbocycles. The topological polar surface area (TPSA) is 101 Å². The van der Waals surface area contributed by atoms with Crippen molar-refractivity contribution in [3.63, 3.8) is 0 Å². The van der Waals surface area contributed by atoms with Crippen LogP contribution >= 0.6 is 0 Å². The van der Waals surface area contributed by atoms with Crippen molar-refractivity contribution in [3.05, 3.63) is 12.2 Å². The Morgan fingerprint density at radius 1 is 0.857 bits per heavy atom. The highest BCUT2D eigenvalue weighted by atomic mass is 16.5. The van der Waals surface area contributed by atoms with Gasteiger partial charge in [0.2, 0.25) is 0 Å². The van der Waals surface area contributed by atoms with Gasteiger partial charge in [-0.3, -0.25) is 9.59 Å². The summed E-state index contributed by atoms with van der Waals surface area (Å²) < 4.78 is 6.10. The number of carbonyl (C=O) groups is 3. The SMILES string of the molecule is C=C(C)[C@@H]1CC[C@]2(C(=O)O)CC[C@]3(C)[C@H](CC[C@@H]4[C@@]5(C)CC[C@H](OC(=O)CC(C)(C)O)C(C)(C)[C@@H]5CC[C@]43C)[C@@H]12.C=O. The molecule has 0 heterocycles. The van der Waals surface area contributed by atoms with Gasteiger partial charge in [0.25, 0.3) is 0 Å². The number of aliphatic hydroxyl groups is 1. The summed E-state index contributed by atoms with van der Waals surface area (Å²) in [7, 11) is 0. The first-order valence-electron chi connectivity index (χ1n) is 16.4. The van der Waals surface area contributed by atoms with E-state index >= 15 is 0 Å². The van der Waals surface area contributed by atoms with E-state index in [0.717, 1.165) is 64.2 Å². The molecule has 5 aliphatic carbocycles. The lowest BCUT2D eigenvalue weighted by atomic mass is 9.32. The molecule has 5 fully saturated rings. The van der Waals surface area contributed by atoms with Crippen LogP contribution in [0.5, 0.6) is 0 Å². The summed E-state index contributed by atoms with van der Waals surface area (Å²) in [6, 6.07) is 0. The van der Waals surface area contributed by atoms with Gasteiger partial charge in [-0.05, 0) is 131 Å². The molecule has 0 aromatic rings. The summed E-state index contributed by atoms with van der Waals surface area (Å²) >= 11 is 0. The van der Waals surface area contributed by atoms with Gasteiger partial charge in [0.1, 0.15) is 12.9 Å². The average molecular weight is 587 g/mol. The Morgan fingerprint density at radius 2 is 1.50 bits per heavy atom. The molecule has 238 valence electrons. The van der Waals surface area contributed by atoms with E-state index in [1.54, 1.807) is 13.8 Å². The number of carboxylic acids is 1. The molecule has 0 aliphatic heterocycles. The molecular weight excluding hydrogens is 528 g/mol. The minimum atomic E-state index is -1.06. The molecule has 0 spiro atoms. The maximum absolute atomic E-state index is 12.9. The number of allylic oxidation sites excluding steroid dienone is 1. The van der Waals surface area contributed by atoms with Gasteiger partial charge in [-0.15, -0.1) is 0 Å². The van der Waals surface area contributed by atoms with E-state index in [1.807, 2.05) is 6.79 Å². The van der Waals surface area contributed by atoms with Crippen LogP contribution in [0.1, 0.15) is 126 Å². The third-order valence-electron chi connectivity index (χ3n) is 14.3. The van der Waals surface area contributed by atoms with Crippen molar-refractivity contribution in [2.75, 3.05) is 0 Å². The second-order valence-electron chi connectivity index (χ2n) is 17.0. The number of aliphatic carboxylic acids is 1. The molecule has 0 unspecified atom stereocenters. The first-order chi connectivity index (χ1) is 19.3. The molecule has 0 saturated heterocycles. The van der Waals surface area contributed by atoms with Crippen molar-refractivity contribution in [1.82, 2.24) is 0 Å². The van der Waals surface area contributed by atoms with Crippen molar-refractivity contribution in [2.24, 2.45) is 56.7 Å². The van der Waals surface area contributed by atoms with Gasteiger partial charge in [-0.25, -0.2) is 0 Å². The van der Waals surface area contributed by atoms with Crippen LogP contribution in [0.25, 0.3) is 0 Å². The largest absolute Gasteiger partial charge is 0.481 e. The Bertz CT molecular complexity index is 1090. The van der Waals surface area contributed by atoms with Gasteiger partial charge in [-0.2, -0.15) is 0 Å². The summed E-state index contributed by atoms with van der Waals surface area (Å²) in [4.78, 5) is 33.6. The maximum atomic E-state index is 12.9. The van der Waals surface area contributed by atoms with Crippen LogP contribution in [0.15, 0.2) is 12.2 Å². The fraction of sp³-hybridized carbons (Fsp3) is 0.861. The van der Waals surface area contributed by atoms with Crippen LogP contribution in [-0.4, -0.2) is 40.6 Å². The van der Waals surface area contributed by atoms with Crippen LogP contribution < -0.4 is 0 Å². The predicted octanol–water partition coefficient (Wildman–Crippen LogP) is 7.62. The Morgan fingerprint density at radius 3 is 2.07 bits per heavy atom. The van der Waals surface area contributed by atoms with Crippen molar-refractivity contribution in [2.45, 2.75) is 138 Å². The lowest BCUT2D eigenvalue weighted by Gasteiger charge is -2.72. The molecule has 0 aromatic carbocycles. The number of hydrogen-bond acceptors (Lipinski definition) is 5. The van der Waals surface area contributed by atoms with E-state index in [2.05, 4.69) is 48.1 Å². The highest BCUT2D eigenvalue weighted by Crippen LogP contribution is 2.77. The van der Waals surface area contributed by atoms with Crippen LogP contribution in [0.2, 0.25) is 0 Å². The normalized spacial score (nSPS) is 45.5. The zero-order chi connectivity index (χ0) is 31.7. The maximum Gasteiger partial charge on any atom is 0.309 e. The van der Waals surface area contributed by atoms with Gasteiger partial charge < -0.3 is 19.7 Å². The van der Waals surface area contributed by atoms with Crippen molar-refractivity contribution < 1.29 is 29.3 Å². The zero-order valence-electron chi connectivity index (χ0n) is 27.7. The molecule has 2 N–H and O–H groups in total. The van der Waals surface area contributed by atoms with E-state index in [9.17, 15) is 19.8 Å². The molecular formula is C36H58O6. The smallest absolute Gasteiger partial charge is 0.309 e. The summed E-state index contributed by atoms with van der Waals surface area (Å²) in [6.45, 7) is 24.1. The van der Waals surface area contributed by atoms with Gasteiger partial charge >= 0.3 is 11.9 Å². The van der Waals surface area contributed by atoms with E-state index in [1.165, 1.54) is 5.57 Å². The average Bonchev–Trinajstić information content (AvgIpc) is 3.28. The second-order valence-corrected chi connectivity index (χ2v) is 17.0. The molecule has 0 bridgehead atoms. The highest BCUT2D eigenvalue weighted by Gasteiger charge is 2.72. The monoisotopic (exact) mass is 586 g/mol. The molecule has 0 radical (unpaired) electrons. The molecule has 42 heavy (non-hydrogen) atoms. The van der Waals surface area contributed by atoms with Crippen LogP contribution in [0, 0.1) is 56.7 Å². The number of esters is 1. The molecule has 6 heteroatoms. The third kappa shape index (κ3) is 4.72. The van der Waals surface area contributed by atoms with Crippen LogP contribution in [0.3, 0.4) is 0 Å². The lowest BCUT2D eigenvalue weighted by Crippen LogP contribution is -2.67. The van der Waals surface area contributed by atoms with Crippen molar-refractivity contribution >= 4 is 18.7 Å². The Labute approximate surface area is 254 Å². The first kappa shape index (κ1) is 33.2. The minimum Gasteiger partial charge on any atom is -0.481 e. The van der Waals surface area contributed by atoms with E-state index in [4.69, 9.17) is 9.53 Å². The highest BCUT2D eigenvalue weighted by molar-refractivity contribution is 5.76. The standard InChI is InChI=1S/C35H56O5.CH2O/c1-21(2)22-12-17-35(29(37)38)19-18-33(8)23(28(22)35)10-11-25-32(7)15-14-26(40-27(36)20-30(3,4)39)31(5,6)24(32)13-16-34(25,33)9;1-2/h22-26,28,39H,1,10-20H2,2-9H3,(H,37,38);1H2/t22-,23+,24-,25+,26-,28+,32-,33+,34+,35-;/m0./s1. The second kappa shape index (κ2) is 10.7. The van der Waals surface area contributed by atoms with Crippen molar-refractivity contribution in [1.29, 1.82) is 0 Å². The molecule has 0 aromatic heterocycles. The zero-order valence-corrected chi connectivity index (χ0v) is 27.7. The predicted molar refractivity (Wildman–Crippen MR) is 165 cm³/mol. The number of carbonyl (C=O) groups excluding carboxylic acids is 2. The molecule has 6 nitrogen and oxygen atoms in total. The van der Waals surface area contributed by atoms with E-state index in [0.29, 0.717) is 23.7 Å². The minimum absolute atomic E-state index is 0.0200. The number of ether oxygens (including phenoxy) is 1. The van der Waals surface area contributed by atoms with E-state index < -0.39 is 17.0 Å². The fourth-order valence-corrected chi connectivity index (χ4v) is 12.3. The Kier molecular flexibility index (Phi) is 8.49. The van der Waals surface area contributed by atoms with Gasteiger partial charge in [0, 0.05) is 5.41 Å².